The summed E-state index contributed by atoms with van der Waals surface area (Å²) in [7, 11) is 0. The topological polar surface area (TPSA) is 58.3 Å². The average Bonchev–Trinajstić information content (AvgIpc) is 2.46. The zero-order valence-electron chi connectivity index (χ0n) is 7.46. The Bertz CT molecular complexity index is 310. The number of benzene rings is 1. The highest BCUT2D eigenvalue weighted by Gasteiger charge is 2.35. The van der Waals surface area contributed by atoms with Crippen LogP contribution in [-0.2, 0) is 5.60 Å². The van der Waals surface area contributed by atoms with E-state index in [0.717, 1.165) is 11.3 Å². The molecule has 13 heavy (non-hydrogen) atoms. The maximum absolute atomic E-state index is 10.2. The molecule has 2 rings (SSSR count). The van der Waals surface area contributed by atoms with Crippen LogP contribution in [0.25, 0.3) is 0 Å². The number of rotatable bonds is 2. The van der Waals surface area contributed by atoms with E-state index in [1.807, 2.05) is 24.3 Å². The van der Waals surface area contributed by atoms with Gasteiger partial charge in [-0.1, -0.05) is 18.2 Å². The Morgan fingerprint density at radius 2 is 2.23 bits per heavy atom. The molecule has 0 fully saturated rings. The molecule has 1 aliphatic heterocycles. The normalized spacial score (nSPS) is 25.4. The lowest BCUT2D eigenvalue weighted by atomic mass is 9.93. The zero-order chi connectivity index (χ0) is 9.31. The van der Waals surface area contributed by atoms with Gasteiger partial charge in [-0.15, -0.1) is 0 Å². The maximum Gasteiger partial charge on any atom is 0.110 e. The Kier molecular flexibility index (Phi) is 1.98. The van der Waals surface area contributed by atoms with Crippen LogP contribution in [0.5, 0.6) is 0 Å². The molecule has 0 aliphatic carbocycles. The van der Waals surface area contributed by atoms with Gasteiger partial charge in [0.25, 0.3) is 0 Å². The van der Waals surface area contributed by atoms with Crippen molar-refractivity contribution in [3.8, 4) is 0 Å². The van der Waals surface area contributed by atoms with Crippen LogP contribution in [0.15, 0.2) is 24.3 Å². The van der Waals surface area contributed by atoms with Crippen molar-refractivity contribution in [3.63, 3.8) is 0 Å². The van der Waals surface area contributed by atoms with Crippen LogP contribution in [0.3, 0.4) is 0 Å². The largest absolute Gasteiger partial charge is 0.383 e. The van der Waals surface area contributed by atoms with Crippen LogP contribution in [0.1, 0.15) is 12.0 Å². The Labute approximate surface area is 77.6 Å². The lowest BCUT2D eigenvalue weighted by molar-refractivity contribution is 0.0513. The minimum atomic E-state index is -0.759. The number of hydrogen-bond donors (Lipinski definition) is 3. The molecule has 1 aromatic rings. The molecule has 4 N–H and O–H groups in total. The van der Waals surface area contributed by atoms with Crippen molar-refractivity contribution in [3.05, 3.63) is 29.8 Å². The van der Waals surface area contributed by atoms with E-state index < -0.39 is 5.60 Å². The molecule has 1 heterocycles. The van der Waals surface area contributed by atoms with Gasteiger partial charge in [0.15, 0.2) is 0 Å². The summed E-state index contributed by atoms with van der Waals surface area (Å²) >= 11 is 0. The average molecular weight is 178 g/mol. The summed E-state index contributed by atoms with van der Waals surface area (Å²) in [5.74, 6) is 0. The molecule has 0 radical (unpaired) electrons. The Balaban J connectivity index is 2.37. The molecule has 1 atom stereocenters. The van der Waals surface area contributed by atoms with Crippen LogP contribution in [0.2, 0.25) is 0 Å². The summed E-state index contributed by atoms with van der Waals surface area (Å²) in [6.07, 6.45) is 0.608. The van der Waals surface area contributed by atoms with E-state index in [0.29, 0.717) is 19.5 Å². The third-order valence-electron chi connectivity index (χ3n) is 2.56. The first-order valence-corrected chi connectivity index (χ1v) is 4.52. The fraction of sp³-hybridized carbons (Fsp3) is 0.400. The van der Waals surface area contributed by atoms with Gasteiger partial charge in [-0.25, -0.2) is 0 Å². The second kappa shape index (κ2) is 3.01. The number of β-amino-alcohol motifs (C(OH)–C–C–N with tert-alkyl or cyclic N) is 1. The van der Waals surface area contributed by atoms with Gasteiger partial charge in [-0.2, -0.15) is 0 Å². The summed E-state index contributed by atoms with van der Waals surface area (Å²) in [5, 5.41) is 13.4. The zero-order valence-corrected chi connectivity index (χ0v) is 7.46. The van der Waals surface area contributed by atoms with Gasteiger partial charge in [-0.05, 0) is 19.0 Å². The van der Waals surface area contributed by atoms with E-state index in [2.05, 4.69) is 5.32 Å². The van der Waals surface area contributed by atoms with Crippen molar-refractivity contribution >= 4 is 5.69 Å². The molecule has 0 saturated carbocycles. The highest BCUT2D eigenvalue weighted by Crippen LogP contribution is 2.36. The maximum atomic E-state index is 10.2. The van der Waals surface area contributed by atoms with Crippen molar-refractivity contribution in [1.29, 1.82) is 0 Å². The van der Waals surface area contributed by atoms with E-state index >= 15 is 0 Å². The van der Waals surface area contributed by atoms with Gasteiger partial charge >= 0.3 is 0 Å². The molecule has 3 nitrogen and oxygen atoms in total. The molecule has 1 aliphatic rings. The monoisotopic (exact) mass is 178 g/mol. The first-order valence-electron chi connectivity index (χ1n) is 4.52. The van der Waals surface area contributed by atoms with Crippen LogP contribution in [0, 0.1) is 0 Å². The van der Waals surface area contributed by atoms with Crippen LogP contribution in [-0.4, -0.2) is 18.2 Å². The van der Waals surface area contributed by atoms with Gasteiger partial charge < -0.3 is 16.2 Å². The van der Waals surface area contributed by atoms with E-state index in [4.69, 9.17) is 5.73 Å². The molecule has 3 heteroatoms. The third kappa shape index (κ3) is 1.30. The van der Waals surface area contributed by atoms with Gasteiger partial charge in [0, 0.05) is 17.8 Å². The van der Waals surface area contributed by atoms with Crippen LogP contribution < -0.4 is 11.1 Å². The van der Waals surface area contributed by atoms with Crippen molar-refractivity contribution in [2.45, 2.75) is 12.0 Å². The fourth-order valence-electron chi connectivity index (χ4n) is 1.84. The van der Waals surface area contributed by atoms with Crippen molar-refractivity contribution in [2.24, 2.45) is 5.73 Å². The second-order valence-corrected chi connectivity index (χ2v) is 3.47. The summed E-state index contributed by atoms with van der Waals surface area (Å²) in [6.45, 7) is 1.08. The molecule has 0 saturated heterocycles. The van der Waals surface area contributed by atoms with Crippen molar-refractivity contribution in [2.75, 3.05) is 18.4 Å². The molecular weight excluding hydrogens is 164 g/mol. The summed E-state index contributed by atoms with van der Waals surface area (Å²) in [5.41, 5.74) is 6.70. The Morgan fingerprint density at radius 3 is 3.00 bits per heavy atom. The molecular formula is C10H14N2O. The Morgan fingerprint density at radius 1 is 1.46 bits per heavy atom. The smallest absolute Gasteiger partial charge is 0.110 e. The predicted octanol–water partition coefficient (Wildman–Crippen LogP) is 0.648. The SMILES string of the molecule is NCCC1(O)CNc2ccccc21. The third-order valence-corrected chi connectivity index (χ3v) is 2.56. The number of nitrogens with one attached hydrogen (secondary N) is 1. The van der Waals surface area contributed by atoms with Gasteiger partial charge in [0.2, 0.25) is 0 Å². The van der Waals surface area contributed by atoms with Crippen molar-refractivity contribution < 1.29 is 5.11 Å². The number of anilines is 1. The quantitative estimate of drug-likeness (QED) is 0.623. The van der Waals surface area contributed by atoms with Gasteiger partial charge in [0.05, 0.1) is 0 Å². The second-order valence-electron chi connectivity index (χ2n) is 3.47. The molecule has 1 unspecified atom stereocenters. The molecule has 0 bridgehead atoms. The van der Waals surface area contributed by atoms with E-state index in [1.54, 1.807) is 0 Å². The fourth-order valence-corrected chi connectivity index (χ4v) is 1.84. The minimum absolute atomic E-state index is 0.506. The standard InChI is InChI=1S/C10H14N2O/c11-6-5-10(13)7-12-9-4-2-1-3-8(9)10/h1-4,12-13H,5-7,11H2. The first kappa shape index (κ1) is 8.53. The molecule has 70 valence electrons. The highest BCUT2D eigenvalue weighted by atomic mass is 16.3. The molecule has 0 aromatic heterocycles. The summed E-state index contributed by atoms with van der Waals surface area (Å²) in [4.78, 5) is 0. The summed E-state index contributed by atoms with van der Waals surface area (Å²) < 4.78 is 0. The predicted molar refractivity (Wildman–Crippen MR) is 52.5 cm³/mol. The number of nitrogens with two attached hydrogens (primary N) is 1. The van der Waals surface area contributed by atoms with Crippen LogP contribution >= 0.6 is 0 Å². The lowest BCUT2D eigenvalue weighted by Gasteiger charge is -2.21. The van der Waals surface area contributed by atoms with E-state index in [1.165, 1.54) is 0 Å². The van der Waals surface area contributed by atoms with Crippen LogP contribution in [0.4, 0.5) is 5.69 Å². The molecule has 0 spiro atoms. The molecule has 1 aromatic carbocycles. The minimum Gasteiger partial charge on any atom is -0.383 e. The van der Waals surface area contributed by atoms with E-state index in [-0.39, 0.29) is 0 Å². The van der Waals surface area contributed by atoms with Gasteiger partial charge in [0.1, 0.15) is 5.60 Å². The highest BCUT2D eigenvalue weighted by molar-refractivity contribution is 5.58. The van der Waals surface area contributed by atoms with Crippen molar-refractivity contribution in [1.82, 2.24) is 0 Å². The number of aliphatic hydroxyl groups is 1. The number of para-hydroxylation sites is 1. The Hall–Kier alpha value is -1.06. The van der Waals surface area contributed by atoms with Gasteiger partial charge in [-0.3, -0.25) is 0 Å². The number of fused-ring (bicyclic) bond motifs is 1. The summed E-state index contributed by atoms with van der Waals surface area (Å²) in [6, 6.07) is 7.82. The van der Waals surface area contributed by atoms with E-state index in [9.17, 15) is 5.11 Å². The first-order chi connectivity index (χ1) is 6.26. The molecule has 0 amide bonds. The number of hydrogen-bond acceptors (Lipinski definition) is 3. The lowest BCUT2D eigenvalue weighted by Crippen LogP contribution is -2.30.